The number of rotatable bonds is 5. The van der Waals surface area contributed by atoms with Crippen LogP contribution in [0.15, 0.2) is 120 Å². The summed E-state index contributed by atoms with van der Waals surface area (Å²) >= 11 is 3.47. The van der Waals surface area contributed by atoms with Gasteiger partial charge in [-0.15, -0.1) is 0 Å². The summed E-state index contributed by atoms with van der Waals surface area (Å²) < 4.78 is 0. The van der Waals surface area contributed by atoms with Gasteiger partial charge in [-0.1, -0.05) is 126 Å². The van der Waals surface area contributed by atoms with Crippen LogP contribution < -0.4 is 0 Å². The highest BCUT2D eigenvalue weighted by Gasteiger charge is 2.12. The standard InChI is InChI=1S/C37H29Br/c1-3-27(22-23-38)34(32-19-15-28-8-4-6-10-31(28)25(32)2)18-13-26-12-14-30-17-20-35-33-11-7-5-9-29(33)16-21-36(35)37(30)24-26/h3-4,6-8,10-24H,1,5,9H2,2H3. The van der Waals surface area contributed by atoms with Crippen molar-refractivity contribution < 1.29 is 0 Å². The van der Waals surface area contributed by atoms with Crippen LogP contribution in [-0.2, 0) is 6.42 Å². The Kier molecular flexibility index (Phi) is 6.70. The minimum absolute atomic E-state index is 1.07. The Morgan fingerprint density at radius 1 is 0.816 bits per heavy atom. The van der Waals surface area contributed by atoms with Gasteiger partial charge in [0.15, 0.2) is 0 Å². The number of allylic oxidation sites excluding steroid dienone is 6. The fourth-order valence-corrected chi connectivity index (χ4v) is 6.04. The van der Waals surface area contributed by atoms with Crippen LogP contribution in [0.2, 0.25) is 0 Å². The maximum Gasteiger partial charge on any atom is -0.00990 e. The zero-order chi connectivity index (χ0) is 26.1. The monoisotopic (exact) mass is 552 g/mol. The van der Waals surface area contributed by atoms with Crippen molar-refractivity contribution in [3.05, 3.63) is 148 Å². The third-order valence-electron chi connectivity index (χ3n) is 7.74. The lowest BCUT2D eigenvalue weighted by Crippen LogP contribution is -1.95. The van der Waals surface area contributed by atoms with E-state index in [0.29, 0.717) is 0 Å². The van der Waals surface area contributed by atoms with Crippen molar-refractivity contribution in [3.8, 4) is 0 Å². The van der Waals surface area contributed by atoms with Crippen molar-refractivity contribution in [1.29, 1.82) is 0 Å². The van der Waals surface area contributed by atoms with Gasteiger partial charge in [-0.2, -0.15) is 0 Å². The summed E-state index contributed by atoms with van der Waals surface area (Å²) in [4.78, 5) is 1.89. The minimum atomic E-state index is 1.07. The van der Waals surface area contributed by atoms with E-state index in [0.717, 1.165) is 24.0 Å². The van der Waals surface area contributed by atoms with E-state index in [1.807, 2.05) is 11.1 Å². The van der Waals surface area contributed by atoms with Gasteiger partial charge in [-0.3, -0.25) is 0 Å². The zero-order valence-electron chi connectivity index (χ0n) is 21.5. The number of halogens is 1. The largest absolute Gasteiger partial charge is 0.0984 e. The van der Waals surface area contributed by atoms with Gasteiger partial charge in [0.25, 0.3) is 0 Å². The first-order chi connectivity index (χ1) is 18.7. The van der Waals surface area contributed by atoms with Gasteiger partial charge in [0.2, 0.25) is 0 Å². The molecule has 0 aromatic heterocycles. The zero-order valence-corrected chi connectivity index (χ0v) is 23.1. The van der Waals surface area contributed by atoms with Gasteiger partial charge in [0, 0.05) is 0 Å². The highest BCUT2D eigenvalue weighted by molar-refractivity contribution is 9.11. The second-order valence-corrected chi connectivity index (χ2v) is 10.4. The van der Waals surface area contributed by atoms with Crippen molar-refractivity contribution >= 4 is 66.0 Å². The van der Waals surface area contributed by atoms with Crippen LogP contribution in [0.1, 0.15) is 34.2 Å². The summed E-state index contributed by atoms with van der Waals surface area (Å²) in [6.45, 7) is 6.32. The minimum Gasteiger partial charge on any atom is -0.0984 e. The molecule has 1 aliphatic carbocycles. The van der Waals surface area contributed by atoms with Gasteiger partial charge < -0.3 is 0 Å². The lowest BCUT2D eigenvalue weighted by atomic mass is 9.89. The third-order valence-corrected chi connectivity index (χ3v) is 8.01. The van der Waals surface area contributed by atoms with E-state index in [9.17, 15) is 0 Å². The molecule has 5 aromatic rings. The van der Waals surface area contributed by atoms with Gasteiger partial charge in [0.1, 0.15) is 0 Å². The number of fused-ring (bicyclic) bond motifs is 6. The summed E-state index contributed by atoms with van der Waals surface area (Å²) in [5.41, 5.74) is 8.72. The summed E-state index contributed by atoms with van der Waals surface area (Å²) in [6, 6.07) is 29.0. The third kappa shape index (κ3) is 4.38. The van der Waals surface area contributed by atoms with E-state index < -0.39 is 0 Å². The van der Waals surface area contributed by atoms with Crippen molar-refractivity contribution in [2.45, 2.75) is 19.8 Å². The quantitative estimate of drug-likeness (QED) is 0.150. The van der Waals surface area contributed by atoms with Gasteiger partial charge in [-0.05, 0) is 108 Å². The van der Waals surface area contributed by atoms with Crippen LogP contribution in [0.4, 0.5) is 0 Å². The second-order valence-electron chi connectivity index (χ2n) is 9.88. The Labute approximate surface area is 233 Å². The molecule has 0 N–H and O–H groups in total. The number of hydrogen-bond donors (Lipinski definition) is 0. The normalized spacial score (nSPS) is 14.1. The first kappa shape index (κ1) is 24.4. The molecular formula is C37H29Br. The first-order valence-electron chi connectivity index (χ1n) is 13.1. The Morgan fingerprint density at radius 3 is 2.47 bits per heavy atom. The lowest BCUT2D eigenvalue weighted by Gasteiger charge is -2.15. The molecule has 0 fully saturated rings. The number of hydrogen-bond acceptors (Lipinski definition) is 0. The molecule has 0 saturated carbocycles. The molecule has 1 heteroatoms. The van der Waals surface area contributed by atoms with Crippen LogP contribution in [-0.4, -0.2) is 0 Å². The molecule has 0 spiro atoms. The first-order valence-corrected chi connectivity index (χ1v) is 14.0. The van der Waals surface area contributed by atoms with Gasteiger partial charge >= 0.3 is 0 Å². The Balaban J connectivity index is 1.49. The molecule has 1 aliphatic rings. The van der Waals surface area contributed by atoms with E-state index in [4.69, 9.17) is 0 Å². The van der Waals surface area contributed by atoms with Crippen molar-refractivity contribution in [2.75, 3.05) is 0 Å². The molecule has 38 heavy (non-hydrogen) atoms. The van der Waals surface area contributed by atoms with E-state index in [1.165, 1.54) is 60.1 Å². The summed E-state index contributed by atoms with van der Waals surface area (Å²) in [5.74, 6) is 0. The van der Waals surface area contributed by atoms with Gasteiger partial charge in [-0.25, -0.2) is 0 Å². The summed E-state index contributed by atoms with van der Waals surface area (Å²) in [7, 11) is 0. The molecule has 0 bridgehead atoms. The molecule has 5 aromatic carbocycles. The van der Waals surface area contributed by atoms with Gasteiger partial charge in [0.05, 0.1) is 0 Å². The van der Waals surface area contributed by atoms with Crippen LogP contribution >= 0.6 is 15.9 Å². The molecule has 0 heterocycles. The van der Waals surface area contributed by atoms with Crippen LogP contribution in [0, 0.1) is 6.92 Å². The highest BCUT2D eigenvalue weighted by atomic mass is 79.9. The average Bonchev–Trinajstić information content (AvgIpc) is 2.97. The van der Waals surface area contributed by atoms with E-state index in [1.54, 1.807) is 0 Å². The van der Waals surface area contributed by atoms with Crippen molar-refractivity contribution in [1.82, 2.24) is 0 Å². The highest BCUT2D eigenvalue weighted by Crippen LogP contribution is 2.34. The summed E-state index contributed by atoms with van der Waals surface area (Å²) in [6.07, 6.45) is 15.3. The molecule has 6 rings (SSSR count). The van der Waals surface area contributed by atoms with Crippen LogP contribution in [0.5, 0.6) is 0 Å². The lowest BCUT2D eigenvalue weighted by molar-refractivity contribution is 0.990. The predicted octanol–water partition coefficient (Wildman–Crippen LogP) is 11.0. The molecular weight excluding hydrogens is 524 g/mol. The van der Waals surface area contributed by atoms with E-state index in [2.05, 4.69) is 139 Å². The molecule has 0 amide bonds. The second kappa shape index (κ2) is 10.4. The molecule has 0 atom stereocenters. The molecule has 0 saturated heterocycles. The Hall–Kier alpha value is -3.94. The van der Waals surface area contributed by atoms with E-state index >= 15 is 0 Å². The topological polar surface area (TPSA) is 0 Å². The molecule has 0 radical (unpaired) electrons. The van der Waals surface area contributed by atoms with Crippen LogP contribution in [0.3, 0.4) is 0 Å². The van der Waals surface area contributed by atoms with Crippen LogP contribution in [0.25, 0.3) is 50.0 Å². The number of aryl methyl sites for hydroxylation is 2. The Bertz CT molecular complexity index is 1840. The molecule has 0 unspecified atom stereocenters. The fraction of sp³-hybridized carbons (Fsp3) is 0.0811. The molecule has 0 aliphatic heterocycles. The number of benzene rings is 5. The fourth-order valence-electron chi connectivity index (χ4n) is 5.76. The predicted molar refractivity (Wildman–Crippen MR) is 172 cm³/mol. The smallest absolute Gasteiger partial charge is 0.00990 e. The van der Waals surface area contributed by atoms with Crippen molar-refractivity contribution in [3.63, 3.8) is 0 Å². The van der Waals surface area contributed by atoms with E-state index in [-0.39, 0.29) is 0 Å². The summed E-state index contributed by atoms with van der Waals surface area (Å²) in [5, 5.41) is 7.75. The Morgan fingerprint density at radius 2 is 1.61 bits per heavy atom. The average molecular weight is 554 g/mol. The van der Waals surface area contributed by atoms with Crippen molar-refractivity contribution in [2.24, 2.45) is 0 Å². The SMILES string of the molecule is C=CC(C=CBr)=C(C=Cc1ccc2ccc3c4c(ccc3c2c1)CCC=C4)c1ccc2ccccc2c1C. The molecule has 184 valence electrons. The maximum atomic E-state index is 4.11. The molecule has 0 nitrogen and oxygen atoms in total. The maximum absolute atomic E-state index is 4.11.